The Kier molecular flexibility index (Phi) is 4.67. The van der Waals surface area contributed by atoms with E-state index >= 15 is 0 Å². The van der Waals surface area contributed by atoms with Gasteiger partial charge in [0.25, 0.3) is 5.91 Å². The highest BCUT2D eigenvalue weighted by molar-refractivity contribution is 5.93. The summed E-state index contributed by atoms with van der Waals surface area (Å²) in [7, 11) is 0. The largest absolute Gasteiger partial charge is 0.349 e. The molecule has 5 nitrogen and oxygen atoms in total. The zero-order valence-electron chi connectivity index (χ0n) is 11.7. The average Bonchev–Trinajstić information content (AvgIpc) is 2.36. The summed E-state index contributed by atoms with van der Waals surface area (Å²) in [5, 5.41) is 11.4. The molecule has 5 heteroatoms. The van der Waals surface area contributed by atoms with E-state index in [0.717, 1.165) is 5.56 Å². The van der Waals surface area contributed by atoms with Crippen molar-refractivity contribution in [1.29, 1.82) is 0 Å². The van der Waals surface area contributed by atoms with Crippen molar-refractivity contribution in [3.63, 3.8) is 0 Å². The van der Waals surface area contributed by atoms with Crippen molar-refractivity contribution in [2.75, 3.05) is 0 Å². The van der Waals surface area contributed by atoms with Crippen LogP contribution in [0.1, 0.15) is 49.7 Å². The van der Waals surface area contributed by atoms with Crippen LogP contribution in [0.5, 0.6) is 0 Å². The van der Waals surface area contributed by atoms with Crippen molar-refractivity contribution in [3.05, 3.63) is 35.4 Å². The van der Waals surface area contributed by atoms with Crippen molar-refractivity contribution in [3.8, 4) is 0 Å². The second-order valence-corrected chi connectivity index (χ2v) is 5.51. The molecule has 0 spiro atoms. The van der Waals surface area contributed by atoms with Crippen LogP contribution in [0, 0.1) is 5.41 Å². The van der Waals surface area contributed by atoms with Gasteiger partial charge in [-0.25, -0.2) is 5.48 Å². The van der Waals surface area contributed by atoms with Gasteiger partial charge in [-0.05, 0) is 24.6 Å². The van der Waals surface area contributed by atoms with E-state index < -0.39 is 11.3 Å². The average molecular weight is 264 g/mol. The van der Waals surface area contributed by atoms with E-state index in [1.54, 1.807) is 29.7 Å². The van der Waals surface area contributed by atoms with Crippen LogP contribution >= 0.6 is 0 Å². The van der Waals surface area contributed by atoms with Crippen LogP contribution in [0.3, 0.4) is 0 Å². The summed E-state index contributed by atoms with van der Waals surface area (Å²) in [6.07, 6.45) is 0. The van der Waals surface area contributed by atoms with E-state index in [9.17, 15) is 9.59 Å². The molecule has 0 heterocycles. The predicted octanol–water partition coefficient (Wildman–Crippen LogP) is 2.03. The molecule has 0 saturated heterocycles. The first kappa shape index (κ1) is 15.2. The standard InChI is InChI=1S/C14H20N2O3/c1-9(15-13(18)14(2,3)4)10-5-7-11(8-6-10)12(17)16-19/h5-9,19H,1-4H3,(H,15,18)(H,16,17)/t9-/m0/s1. The topological polar surface area (TPSA) is 78.4 Å². The Bertz CT molecular complexity index is 461. The first-order chi connectivity index (χ1) is 8.75. The van der Waals surface area contributed by atoms with Crippen molar-refractivity contribution >= 4 is 11.8 Å². The first-order valence-corrected chi connectivity index (χ1v) is 6.11. The number of rotatable bonds is 3. The van der Waals surface area contributed by atoms with E-state index in [0.29, 0.717) is 5.56 Å². The fourth-order valence-corrected chi connectivity index (χ4v) is 1.48. The minimum atomic E-state index is -0.557. The highest BCUT2D eigenvalue weighted by Gasteiger charge is 2.22. The molecular weight excluding hydrogens is 244 g/mol. The van der Waals surface area contributed by atoms with Gasteiger partial charge in [-0.15, -0.1) is 0 Å². The number of amides is 2. The Hall–Kier alpha value is -1.88. The summed E-state index contributed by atoms with van der Waals surface area (Å²) in [5.41, 5.74) is 2.39. The van der Waals surface area contributed by atoms with Gasteiger partial charge in [0, 0.05) is 11.0 Å². The number of hydroxylamine groups is 1. The van der Waals surface area contributed by atoms with Crippen LogP contribution in [-0.4, -0.2) is 17.0 Å². The highest BCUT2D eigenvalue weighted by Crippen LogP contribution is 2.18. The second-order valence-electron chi connectivity index (χ2n) is 5.51. The van der Waals surface area contributed by atoms with Crippen LogP contribution in [0.25, 0.3) is 0 Å². The summed E-state index contributed by atoms with van der Waals surface area (Å²) < 4.78 is 0. The lowest BCUT2D eigenvalue weighted by atomic mass is 9.94. The summed E-state index contributed by atoms with van der Waals surface area (Å²) in [4.78, 5) is 23.0. The third-order valence-corrected chi connectivity index (χ3v) is 2.80. The Morgan fingerprint density at radius 1 is 1.16 bits per heavy atom. The minimum absolute atomic E-state index is 0.0304. The Morgan fingerprint density at radius 3 is 2.11 bits per heavy atom. The highest BCUT2D eigenvalue weighted by atomic mass is 16.5. The Balaban J connectivity index is 2.76. The molecule has 1 aromatic carbocycles. The van der Waals surface area contributed by atoms with Gasteiger partial charge in [0.05, 0.1) is 6.04 Å². The molecule has 0 radical (unpaired) electrons. The van der Waals surface area contributed by atoms with Gasteiger partial charge in [-0.2, -0.15) is 0 Å². The fourth-order valence-electron chi connectivity index (χ4n) is 1.48. The molecule has 104 valence electrons. The third-order valence-electron chi connectivity index (χ3n) is 2.80. The lowest BCUT2D eigenvalue weighted by Gasteiger charge is -2.22. The maximum absolute atomic E-state index is 11.9. The molecule has 19 heavy (non-hydrogen) atoms. The van der Waals surface area contributed by atoms with E-state index in [1.165, 1.54) is 0 Å². The summed E-state index contributed by atoms with van der Waals surface area (Å²) in [5.74, 6) is -0.588. The molecule has 0 aliphatic heterocycles. The summed E-state index contributed by atoms with van der Waals surface area (Å²) in [6, 6.07) is 6.55. The monoisotopic (exact) mass is 264 g/mol. The van der Waals surface area contributed by atoms with Gasteiger partial charge < -0.3 is 5.32 Å². The van der Waals surface area contributed by atoms with E-state index in [2.05, 4.69) is 5.32 Å². The molecule has 0 aromatic heterocycles. The maximum Gasteiger partial charge on any atom is 0.274 e. The number of nitrogens with one attached hydrogen (secondary N) is 2. The Labute approximate surface area is 113 Å². The SMILES string of the molecule is C[C@H](NC(=O)C(C)(C)C)c1ccc(C(=O)NO)cc1. The Morgan fingerprint density at radius 2 is 1.68 bits per heavy atom. The molecule has 0 aliphatic carbocycles. The normalized spacial score (nSPS) is 12.7. The van der Waals surface area contributed by atoms with Crippen LogP contribution < -0.4 is 10.8 Å². The number of hydrogen-bond acceptors (Lipinski definition) is 3. The fraction of sp³-hybridized carbons (Fsp3) is 0.429. The quantitative estimate of drug-likeness (QED) is 0.577. The molecule has 1 aromatic rings. The molecule has 0 saturated carbocycles. The molecule has 0 aliphatic rings. The zero-order valence-corrected chi connectivity index (χ0v) is 11.7. The van der Waals surface area contributed by atoms with Gasteiger partial charge in [-0.3, -0.25) is 14.8 Å². The number of carbonyl (C=O) groups is 2. The van der Waals surface area contributed by atoms with Gasteiger partial charge in [0.1, 0.15) is 0 Å². The molecule has 1 atom stereocenters. The van der Waals surface area contributed by atoms with Crippen LogP contribution in [0.2, 0.25) is 0 Å². The lowest BCUT2D eigenvalue weighted by molar-refractivity contribution is -0.129. The van der Waals surface area contributed by atoms with Crippen molar-refractivity contribution in [2.45, 2.75) is 33.7 Å². The smallest absolute Gasteiger partial charge is 0.274 e. The minimum Gasteiger partial charge on any atom is -0.349 e. The van der Waals surface area contributed by atoms with E-state index in [1.807, 2.05) is 27.7 Å². The van der Waals surface area contributed by atoms with Crippen LogP contribution in [0.15, 0.2) is 24.3 Å². The molecule has 0 fully saturated rings. The number of hydrogen-bond donors (Lipinski definition) is 3. The molecular formula is C14H20N2O3. The zero-order chi connectivity index (χ0) is 14.6. The maximum atomic E-state index is 11.9. The van der Waals surface area contributed by atoms with Gasteiger partial charge in [0.2, 0.25) is 5.91 Å². The molecule has 0 bridgehead atoms. The second kappa shape index (κ2) is 5.84. The summed E-state index contributed by atoms with van der Waals surface area (Å²) >= 11 is 0. The van der Waals surface area contributed by atoms with E-state index in [4.69, 9.17) is 5.21 Å². The summed E-state index contributed by atoms with van der Waals surface area (Å²) in [6.45, 7) is 7.43. The molecule has 0 unspecified atom stereocenters. The lowest BCUT2D eigenvalue weighted by Crippen LogP contribution is -2.36. The van der Waals surface area contributed by atoms with Crippen molar-refractivity contribution in [1.82, 2.24) is 10.8 Å². The molecule has 3 N–H and O–H groups in total. The van der Waals surface area contributed by atoms with Crippen LogP contribution in [-0.2, 0) is 4.79 Å². The van der Waals surface area contributed by atoms with Crippen molar-refractivity contribution < 1.29 is 14.8 Å². The third kappa shape index (κ3) is 4.06. The van der Waals surface area contributed by atoms with Crippen LogP contribution in [0.4, 0.5) is 0 Å². The van der Waals surface area contributed by atoms with Crippen molar-refractivity contribution in [2.24, 2.45) is 5.41 Å². The van der Waals surface area contributed by atoms with Gasteiger partial charge >= 0.3 is 0 Å². The van der Waals surface area contributed by atoms with Gasteiger partial charge in [-0.1, -0.05) is 32.9 Å². The first-order valence-electron chi connectivity index (χ1n) is 6.11. The van der Waals surface area contributed by atoms with Gasteiger partial charge in [0.15, 0.2) is 0 Å². The number of benzene rings is 1. The number of carbonyl (C=O) groups excluding carboxylic acids is 2. The van der Waals surface area contributed by atoms with E-state index in [-0.39, 0.29) is 11.9 Å². The molecule has 2 amide bonds. The predicted molar refractivity (Wildman–Crippen MR) is 71.7 cm³/mol. The molecule has 1 rings (SSSR count).